The van der Waals surface area contributed by atoms with E-state index in [1.807, 2.05) is 18.7 Å². The molecule has 2 aliphatic rings. The summed E-state index contributed by atoms with van der Waals surface area (Å²) >= 11 is 5.89. The molecule has 1 spiro atoms. The molecule has 2 atom stereocenters. The zero-order chi connectivity index (χ0) is 20.7. The highest BCUT2D eigenvalue weighted by Gasteiger charge is 2.54. The van der Waals surface area contributed by atoms with Crippen molar-refractivity contribution in [2.45, 2.75) is 69.6 Å². The number of sulfonamides is 1. The Morgan fingerprint density at radius 3 is 2.25 bits per heavy atom. The average molecular weight is 428 g/mol. The van der Waals surface area contributed by atoms with Gasteiger partial charge in [0.25, 0.3) is 0 Å². The Morgan fingerprint density at radius 2 is 1.75 bits per heavy atom. The average Bonchev–Trinajstić information content (AvgIpc) is 2.94. The number of hydrogen-bond donors (Lipinski definition) is 1. The largest absolute Gasteiger partial charge is 0.320 e. The van der Waals surface area contributed by atoms with Gasteiger partial charge in [0.1, 0.15) is 0 Å². The molecule has 2 aliphatic heterocycles. The molecule has 1 aromatic rings. The molecule has 3 rings (SSSR count). The van der Waals surface area contributed by atoms with Crippen LogP contribution in [0.15, 0.2) is 29.2 Å². The second-order valence-corrected chi connectivity index (χ2v) is 10.6. The Morgan fingerprint density at radius 1 is 1.18 bits per heavy atom. The maximum Gasteiger partial charge on any atom is 0.243 e. The van der Waals surface area contributed by atoms with E-state index in [0.717, 1.165) is 6.42 Å². The van der Waals surface area contributed by atoms with Crippen molar-refractivity contribution in [3.8, 4) is 0 Å². The summed E-state index contributed by atoms with van der Waals surface area (Å²) in [5, 5.41) is 4.09. The highest BCUT2D eigenvalue weighted by atomic mass is 35.5. The van der Waals surface area contributed by atoms with Gasteiger partial charge in [0.15, 0.2) is 0 Å². The Hall–Kier alpha value is -1.15. The van der Waals surface area contributed by atoms with Crippen LogP contribution in [0.25, 0.3) is 0 Å². The molecule has 0 radical (unpaired) electrons. The van der Waals surface area contributed by atoms with Crippen molar-refractivity contribution in [2.24, 2.45) is 5.92 Å². The van der Waals surface area contributed by atoms with E-state index in [0.29, 0.717) is 31.0 Å². The minimum atomic E-state index is -3.57. The second-order valence-electron chi connectivity index (χ2n) is 8.22. The first kappa shape index (κ1) is 21.6. The van der Waals surface area contributed by atoms with E-state index in [-0.39, 0.29) is 28.8 Å². The van der Waals surface area contributed by atoms with Gasteiger partial charge in [0.2, 0.25) is 15.9 Å². The number of rotatable bonds is 5. The van der Waals surface area contributed by atoms with Gasteiger partial charge < -0.3 is 4.90 Å². The first-order valence-corrected chi connectivity index (χ1v) is 11.8. The fourth-order valence-electron chi connectivity index (χ4n) is 4.29. The van der Waals surface area contributed by atoms with Crippen LogP contribution in [-0.4, -0.2) is 54.4 Å². The van der Waals surface area contributed by atoms with E-state index in [2.05, 4.69) is 19.2 Å². The van der Waals surface area contributed by atoms with Gasteiger partial charge in [0, 0.05) is 24.2 Å². The lowest BCUT2D eigenvalue weighted by molar-refractivity contribution is -0.136. The predicted octanol–water partition coefficient (Wildman–Crippen LogP) is 3.08. The van der Waals surface area contributed by atoms with E-state index >= 15 is 0 Å². The molecule has 0 aliphatic carbocycles. The first-order chi connectivity index (χ1) is 13.1. The van der Waals surface area contributed by atoms with Crippen molar-refractivity contribution in [2.75, 3.05) is 13.1 Å². The van der Waals surface area contributed by atoms with Crippen LogP contribution < -0.4 is 5.32 Å². The van der Waals surface area contributed by atoms with Crippen LogP contribution in [0.2, 0.25) is 5.02 Å². The van der Waals surface area contributed by atoms with Crippen LogP contribution in [0.3, 0.4) is 0 Å². The van der Waals surface area contributed by atoms with Crippen molar-refractivity contribution >= 4 is 27.5 Å². The number of hydrogen-bond acceptors (Lipinski definition) is 4. The molecule has 1 amide bonds. The van der Waals surface area contributed by atoms with E-state index < -0.39 is 15.7 Å². The van der Waals surface area contributed by atoms with Gasteiger partial charge in [-0.25, -0.2) is 8.42 Å². The van der Waals surface area contributed by atoms with Crippen molar-refractivity contribution in [3.63, 3.8) is 0 Å². The standard InChI is InChI=1S/C20H30ClN3O3S/c1-5-15(4)24-19(25)18(14(2)3)22-20(24)10-12-23(13-11-20)28(26,27)17-8-6-16(21)7-9-17/h6-9,14-15,18,22H,5,10-13H2,1-4H3/t15-,18+/m0/s1. The summed E-state index contributed by atoms with van der Waals surface area (Å²) in [5.41, 5.74) is -0.465. The van der Waals surface area contributed by atoms with Crippen LogP contribution in [0.5, 0.6) is 0 Å². The summed E-state index contributed by atoms with van der Waals surface area (Å²) < 4.78 is 27.5. The Balaban J connectivity index is 1.82. The Bertz CT molecular complexity index is 818. The van der Waals surface area contributed by atoms with Crippen LogP contribution in [-0.2, 0) is 14.8 Å². The van der Waals surface area contributed by atoms with E-state index in [1.54, 1.807) is 24.3 Å². The molecule has 28 heavy (non-hydrogen) atoms. The predicted molar refractivity (Wildman–Crippen MR) is 111 cm³/mol. The number of nitrogens with zero attached hydrogens (tertiary/aromatic N) is 2. The molecular weight excluding hydrogens is 398 g/mol. The SMILES string of the molecule is CC[C@H](C)N1C(=O)[C@@H](C(C)C)NC12CCN(S(=O)(=O)c1ccc(Cl)cc1)CC2. The smallest absolute Gasteiger partial charge is 0.243 e. The van der Waals surface area contributed by atoms with E-state index in [9.17, 15) is 13.2 Å². The number of halogens is 1. The summed E-state index contributed by atoms with van der Waals surface area (Å²) in [5.74, 6) is 0.326. The molecule has 0 bridgehead atoms. The number of carbonyl (C=O) groups excluding carboxylic acids is 1. The lowest BCUT2D eigenvalue weighted by atomic mass is 9.95. The van der Waals surface area contributed by atoms with Crippen molar-refractivity contribution in [1.82, 2.24) is 14.5 Å². The molecular formula is C20H30ClN3O3S. The topological polar surface area (TPSA) is 69.7 Å². The zero-order valence-corrected chi connectivity index (χ0v) is 18.6. The highest BCUT2D eigenvalue weighted by molar-refractivity contribution is 7.89. The number of benzene rings is 1. The summed E-state index contributed by atoms with van der Waals surface area (Å²) in [4.78, 5) is 15.3. The third-order valence-corrected chi connectivity index (χ3v) is 8.25. The van der Waals surface area contributed by atoms with Crippen LogP contribution in [0.4, 0.5) is 0 Å². The second kappa shape index (κ2) is 7.94. The zero-order valence-electron chi connectivity index (χ0n) is 17.0. The fraction of sp³-hybridized carbons (Fsp3) is 0.650. The summed E-state index contributed by atoms with van der Waals surface area (Å²) in [7, 11) is -3.57. The highest BCUT2D eigenvalue weighted by Crippen LogP contribution is 2.37. The summed E-state index contributed by atoms with van der Waals surface area (Å²) in [6, 6.07) is 6.17. The molecule has 2 saturated heterocycles. The fourth-order valence-corrected chi connectivity index (χ4v) is 5.86. The van der Waals surface area contributed by atoms with Gasteiger partial charge >= 0.3 is 0 Å². The maximum atomic E-state index is 13.1. The van der Waals surface area contributed by atoms with Crippen LogP contribution in [0, 0.1) is 5.92 Å². The summed E-state index contributed by atoms with van der Waals surface area (Å²) in [6.45, 7) is 8.99. The number of nitrogens with one attached hydrogen (secondary N) is 1. The lowest BCUT2D eigenvalue weighted by Crippen LogP contribution is -2.61. The molecule has 0 saturated carbocycles. The summed E-state index contributed by atoms with van der Waals surface area (Å²) in [6.07, 6.45) is 2.03. The van der Waals surface area contributed by atoms with Crippen LogP contribution in [0.1, 0.15) is 47.0 Å². The van der Waals surface area contributed by atoms with Crippen molar-refractivity contribution in [3.05, 3.63) is 29.3 Å². The number of piperidine rings is 1. The van der Waals surface area contributed by atoms with Gasteiger partial charge in [-0.2, -0.15) is 4.31 Å². The number of carbonyl (C=O) groups is 1. The molecule has 1 aromatic carbocycles. The number of amides is 1. The minimum Gasteiger partial charge on any atom is -0.320 e. The van der Waals surface area contributed by atoms with Crippen molar-refractivity contribution in [1.29, 1.82) is 0 Å². The van der Waals surface area contributed by atoms with Crippen molar-refractivity contribution < 1.29 is 13.2 Å². The first-order valence-electron chi connectivity index (χ1n) is 9.99. The minimum absolute atomic E-state index is 0.114. The van der Waals surface area contributed by atoms with Gasteiger partial charge in [-0.3, -0.25) is 10.1 Å². The van der Waals surface area contributed by atoms with E-state index in [1.165, 1.54) is 4.31 Å². The Labute approximate surface area is 173 Å². The molecule has 8 heteroatoms. The normalized spacial score (nSPS) is 24.3. The van der Waals surface area contributed by atoms with Gasteiger partial charge in [-0.1, -0.05) is 32.4 Å². The lowest BCUT2D eigenvalue weighted by Gasteiger charge is -2.46. The molecule has 156 valence electrons. The molecule has 1 N–H and O–H groups in total. The molecule has 6 nitrogen and oxygen atoms in total. The molecule has 2 heterocycles. The molecule has 0 aromatic heterocycles. The third kappa shape index (κ3) is 3.70. The van der Waals surface area contributed by atoms with Gasteiger partial charge in [-0.05, 0) is 56.4 Å². The van der Waals surface area contributed by atoms with Gasteiger partial charge in [0.05, 0.1) is 16.6 Å². The maximum absolute atomic E-state index is 13.1. The van der Waals surface area contributed by atoms with E-state index in [4.69, 9.17) is 11.6 Å². The monoisotopic (exact) mass is 427 g/mol. The van der Waals surface area contributed by atoms with Gasteiger partial charge in [-0.15, -0.1) is 0 Å². The quantitative estimate of drug-likeness (QED) is 0.783. The van der Waals surface area contributed by atoms with Crippen LogP contribution >= 0.6 is 11.6 Å². The third-order valence-electron chi connectivity index (χ3n) is 6.09. The molecule has 0 unspecified atom stereocenters. The Kier molecular flexibility index (Phi) is 6.11. The molecule has 2 fully saturated rings.